The van der Waals surface area contributed by atoms with E-state index < -0.39 is 0 Å². The Labute approximate surface area is 146 Å². The summed E-state index contributed by atoms with van der Waals surface area (Å²) in [6, 6.07) is 6.25. The molecule has 1 unspecified atom stereocenters. The standard InChI is InChI=1S/C14H21N5S.HI/c1-11(13-5-4-8-20-13)9-16-14(15-2)17-10-12-6-7-18-19(12)3;/h4-8,11H,9-10H2,1-3H3,(H2,15,16,17);1H. The zero-order valence-electron chi connectivity index (χ0n) is 12.5. The number of nitrogens with zero attached hydrogens (tertiary/aromatic N) is 3. The van der Waals surface area contributed by atoms with Crippen LogP contribution in [0.2, 0.25) is 0 Å². The Bertz CT molecular complexity index is 549. The molecule has 0 saturated heterocycles. The first kappa shape index (κ1) is 18.0. The first-order valence-corrected chi connectivity index (χ1v) is 7.53. The summed E-state index contributed by atoms with van der Waals surface area (Å²) in [4.78, 5) is 5.63. The van der Waals surface area contributed by atoms with Gasteiger partial charge in [0.05, 0.1) is 12.2 Å². The van der Waals surface area contributed by atoms with Gasteiger partial charge in [-0.3, -0.25) is 9.67 Å². The van der Waals surface area contributed by atoms with Crippen LogP contribution in [-0.4, -0.2) is 29.3 Å². The highest BCUT2D eigenvalue weighted by atomic mass is 127. The van der Waals surface area contributed by atoms with Gasteiger partial charge in [0.2, 0.25) is 0 Å². The topological polar surface area (TPSA) is 54.2 Å². The minimum atomic E-state index is 0. The van der Waals surface area contributed by atoms with E-state index in [1.54, 1.807) is 24.6 Å². The van der Waals surface area contributed by atoms with Crippen LogP contribution in [0.15, 0.2) is 34.8 Å². The van der Waals surface area contributed by atoms with Crippen LogP contribution in [0.4, 0.5) is 0 Å². The molecule has 0 aliphatic carbocycles. The second-order valence-electron chi connectivity index (χ2n) is 4.67. The van der Waals surface area contributed by atoms with Gasteiger partial charge in [0.15, 0.2) is 5.96 Å². The summed E-state index contributed by atoms with van der Waals surface area (Å²) < 4.78 is 1.86. The van der Waals surface area contributed by atoms with Crippen LogP contribution in [0.3, 0.4) is 0 Å². The second-order valence-corrected chi connectivity index (χ2v) is 5.65. The van der Waals surface area contributed by atoms with E-state index in [4.69, 9.17) is 0 Å². The molecule has 0 spiro atoms. The summed E-state index contributed by atoms with van der Waals surface area (Å²) in [5.41, 5.74) is 1.12. The van der Waals surface area contributed by atoms with Crippen LogP contribution < -0.4 is 10.6 Å². The van der Waals surface area contributed by atoms with Gasteiger partial charge in [-0.1, -0.05) is 13.0 Å². The number of halogens is 1. The zero-order chi connectivity index (χ0) is 14.4. The van der Waals surface area contributed by atoms with E-state index >= 15 is 0 Å². The summed E-state index contributed by atoms with van der Waals surface area (Å²) in [5, 5.41) is 12.9. The van der Waals surface area contributed by atoms with E-state index in [0.717, 1.165) is 18.2 Å². The smallest absolute Gasteiger partial charge is 0.191 e. The van der Waals surface area contributed by atoms with Crippen LogP contribution in [0.25, 0.3) is 0 Å². The summed E-state index contributed by atoms with van der Waals surface area (Å²) >= 11 is 1.79. The number of hydrogen-bond acceptors (Lipinski definition) is 3. The Hall–Kier alpha value is -1.09. The number of aryl methyl sites for hydroxylation is 1. The molecule has 7 heteroatoms. The van der Waals surface area contributed by atoms with Crippen LogP contribution in [0.1, 0.15) is 23.4 Å². The van der Waals surface area contributed by atoms with Gasteiger partial charge in [0.25, 0.3) is 0 Å². The van der Waals surface area contributed by atoms with Crippen molar-refractivity contribution in [1.29, 1.82) is 0 Å². The Morgan fingerprint density at radius 3 is 2.81 bits per heavy atom. The predicted octanol–water partition coefficient (Wildman–Crippen LogP) is 2.57. The van der Waals surface area contributed by atoms with Crippen molar-refractivity contribution in [3.63, 3.8) is 0 Å². The monoisotopic (exact) mass is 419 g/mol. The molecular formula is C14H22IN5S. The second kappa shape index (κ2) is 9.04. The lowest BCUT2D eigenvalue weighted by molar-refractivity contribution is 0.672. The van der Waals surface area contributed by atoms with Crippen molar-refractivity contribution in [2.45, 2.75) is 19.4 Å². The largest absolute Gasteiger partial charge is 0.356 e. The molecule has 1 atom stereocenters. The molecule has 5 nitrogen and oxygen atoms in total. The van der Waals surface area contributed by atoms with Crippen molar-refractivity contribution >= 4 is 41.3 Å². The van der Waals surface area contributed by atoms with Gasteiger partial charge in [-0.05, 0) is 17.5 Å². The molecule has 116 valence electrons. The number of guanidine groups is 1. The average Bonchev–Trinajstić information content (AvgIpc) is 3.10. The van der Waals surface area contributed by atoms with E-state index in [9.17, 15) is 0 Å². The summed E-state index contributed by atoms with van der Waals surface area (Å²) in [6.45, 7) is 3.79. The lowest BCUT2D eigenvalue weighted by atomic mass is 10.1. The van der Waals surface area contributed by atoms with Crippen molar-refractivity contribution in [3.8, 4) is 0 Å². The van der Waals surface area contributed by atoms with E-state index in [1.807, 2.05) is 17.8 Å². The van der Waals surface area contributed by atoms with Crippen molar-refractivity contribution in [1.82, 2.24) is 20.4 Å². The molecule has 21 heavy (non-hydrogen) atoms. The Balaban J connectivity index is 0.00000220. The molecule has 0 aliphatic heterocycles. The van der Waals surface area contributed by atoms with Gasteiger partial charge in [-0.25, -0.2) is 0 Å². The fourth-order valence-corrected chi connectivity index (χ4v) is 2.68. The number of thiophene rings is 1. The third-order valence-electron chi connectivity index (χ3n) is 3.19. The fraction of sp³-hybridized carbons (Fsp3) is 0.429. The molecule has 0 radical (unpaired) electrons. The lowest BCUT2D eigenvalue weighted by Gasteiger charge is -2.15. The molecule has 0 aromatic carbocycles. The molecule has 2 aromatic heterocycles. The van der Waals surface area contributed by atoms with Gasteiger partial charge in [-0.2, -0.15) is 5.10 Å². The lowest BCUT2D eigenvalue weighted by Crippen LogP contribution is -2.38. The molecule has 0 saturated carbocycles. The van der Waals surface area contributed by atoms with Gasteiger partial charge in [-0.15, -0.1) is 35.3 Å². The van der Waals surface area contributed by atoms with Crippen molar-refractivity contribution in [3.05, 3.63) is 40.3 Å². The Kier molecular flexibility index (Phi) is 7.73. The molecule has 0 aliphatic rings. The molecule has 0 bridgehead atoms. The maximum absolute atomic E-state index is 4.24. The summed E-state index contributed by atoms with van der Waals surface area (Å²) in [5.74, 6) is 1.29. The molecular weight excluding hydrogens is 397 g/mol. The molecule has 0 amide bonds. The number of nitrogens with one attached hydrogen (secondary N) is 2. The number of rotatable bonds is 5. The highest BCUT2D eigenvalue weighted by molar-refractivity contribution is 14.0. The third kappa shape index (κ3) is 5.31. The zero-order valence-corrected chi connectivity index (χ0v) is 15.7. The minimum Gasteiger partial charge on any atom is -0.356 e. The average molecular weight is 419 g/mol. The molecule has 2 heterocycles. The van der Waals surface area contributed by atoms with Gasteiger partial charge in [0.1, 0.15) is 0 Å². The predicted molar refractivity (Wildman–Crippen MR) is 99.6 cm³/mol. The van der Waals surface area contributed by atoms with E-state index in [-0.39, 0.29) is 24.0 Å². The van der Waals surface area contributed by atoms with Crippen molar-refractivity contribution in [2.24, 2.45) is 12.0 Å². The molecule has 0 fully saturated rings. The molecule has 2 rings (SSSR count). The maximum atomic E-state index is 4.24. The first-order chi connectivity index (χ1) is 9.70. The van der Waals surface area contributed by atoms with Gasteiger partial charge < -0.3 is 10.6 Å². The number of aliphatic imine (C=N–C) groups is 1. The third-order valence-corrected chi connectivity index (χ3v) is 4.29. The molecule has 2 N–H and O–H groups in total. The van der Waals surface area contributed by atoms with Crippen LogP contribution in [0, 0.1) is 0 Å². The number of aromatic nitrogens is 2. The van der Waals surface area contributed by atoms with Gasteiger partial charge >= 0.3 is 0 Å². The van der Waals surface area contributed by atoms with Crippen LogP contribution in [0.5, 0.6) is 0 Å². The quantitative estimate of drug-likeness (QED) is 0.445. The van der Waals surface area contributed by atoms with Gasteiger partial charge in [0, 0.05) is 37.6 Å². The first-order valence-electron chi connectivity index (χ1n) is 6.65. The highest BCUT2D eigenvalue weighted by Crippen LogP contribution is 2.19. The van der Waals surface area contributed by atoms with E-state index in [1.165, 1.54) is 4.88 Å². The molecule has 2 aromatic rings. The number of hydrogen-bond donors (Lipinski definition) is 2. The van der Waals surface area contributed by atoms with Crippen LogP contribution >= 0.6 is 35.3 Å². The van der Waals surface area contributed by atoms with Crippen LogP contribution in [-0.2, 0) is 13.6 Å². The maximum Gasteiger partial charge on any atom is 0.191 e. The Morgan fingerprint density at radius 2 is 2.24 bits per heavy atom. The van der Waals surface area contributed by atoms with E-state index in [0.29, 0.717) is 12.5 Å². The normalized spacial score (nSPS) is 12.6. The fourth-order valence-electron chi connectivity index (χ4n) is 1.89. The van der Waals surface area contributed by atoms with Crippen molar-refractivity contribution < 1.29 is 0 Å². The summed E-state index contributed by atoms with van der Waals surface area (Å²) in [6.07, 6.45) is 1.80. The van der Waals surface area contributed by atoms with Crippen molar-refractivity contribution in [2.75, 3.05) is 13.6 Å². The Morgan fingerprint density at radius 1 is 1.43 bits per heavy atom. The SMILES string of the molecule is CN=C(NCc1ccnn1C)NCC(C)c1cccs1.I. The summed E-state index contributed by atoms with van der Waals surface area (Å²) in [7, 11) is 3.72. The highest BCUT2D eigenvalue weighted by Gasteiger charge is 2.07. The van der Waals surface area contributed by atoms with E-state index in [2.05, 4.69) is 45.2 Å². The minimum absolute atomic E-state index is 0.